The highest BCUT2D eigenvalue weighted by molar-refractivity contribution is 5.95. The van der Waals surface area contributed by atoms with Crippen molar-refractivity contribution < 1.29 is 27.9 Å². The molecule has 0 saturated heterocycles. The zero-order chi connectivity index (χ0) is 20.2. The molecule has 6 nitrogen and oxygen atoms in total. The molecule has 27 heavy (non-hydrogen) atoms. The number of nitrogens with zero attached hydrogens (tertiary/aromatic N) is 2. The number of alkyl halides is 3. The van der Waals surface area contributed by atoms with Crippen molar-refractivity contribution in [3.63, 3.8) is 0 Å². The van der Waals surface area contributed by atoms with Crippen molar-refractivity contribution in [3.05, 3.63) is 47.8 Å². The molecular weight excluding hydrogens is 363 g/mol. The highest BCUT2D eigenvalue weighted by Crippen LogP contribution is 2.28. The lowest BCUT2D eigenvalue weighted by Gasteiger charge is -2.26. The van der Waals surface area contributed by atoms with E-state index in [1.165, 1.54) is 24.3 Å². The maximum atomic E-state index is 12.7. The van der Waals surface area contributed by atoms with Gasteiger partial charge in [0.2, 0.25) is 0 Å². The van der Waals surface area contributed by atoms with Crippen LogP contribution in [0, 0.1) is 5.41 Å². The number of benzene rings is 1. The first-order chi connectivity index (χ1) is 12.6. The van der Waals surface area contributed by atoms with Crippen LogP contribution in [-0.2, 0) is 11.0 Å². The van der Waals surface area contributed by atoms with E-state index < -0.39 is 29.2 Å². The van der Waals surface area contributed by atoms with Crippen molar-refractivity contribution >= 4 is 11.9 Å². The molecule has 146 valence electrons. The summed E-state index contributed by atoms with van der Waals surface area (Å²) >= 11 is 0. The summed E-state index contributed by atoms with van der Waals surface area (Å²) < 4.78 is 39.1. The van der Waals surface area contributed by atoms with E-state index >= 15 is 0 Å². The average molecular weight is 383 g/mol. The highest BCUT2D eigenvalue weighted by atomic mass is 19.4. The largest absolute Gasteiger partial charge is 0.481 e. The van der Waals surface area contributed by atoms with Crippen LogP contribution in [0.4, 0.5) is 13.2 Å². The molecule has 0 spiro atoms. The molecule has 1 amide bonds. The number of carboxylic acid groups (broad SMARTS) is 1. The molecule has 1 aromatic heterocycles. The summed E-state index contributed by atoms with van der Waals surface area (Å²) in [5.41, 5.74) is -1.61. The Bertz CT molecular complexity index is 826. The van der Waals surface area contributed by atoms with Crippen molar-refractivity contribution in [2.75, 3.05) is 6.54 Å². The average Bonchev–Trinajstić information content (AvgIpc) is 3.13. The summed E-state index contributed by atoms with van der Waals surface area (Å²) in [5.74, 6) is -1.50. The molecule has 0 aliphatic carbocycles. The maximum Gasteiger partial charge on any atom is 0.435 e. The minimum Gasteiger partial charge on any atom is -0.481 e. The number of halogens is 3. The van der Waals surface area contributed by atoms with E-state index in [0.29, 0.717) is 12.8 Å². The van der Waals surface area contributed by atoms with Crippen molar-refractivity contribution in [1.82, 2.24) is 15.1 Å². The lowest BCUT2D eigenvalue weighted by Crippen LogP contribution is -2.42. The van der Waals surface area contributed by atoms with Crippen LogP contribution in [0.15, 0.2) is 36.5 Å². The van der Waals surface area contributed by atoms with Gasteiger partial charge in [-0.25, -0.2) is 4.68 Å². The van der Waals surface area contributed by atoms with Gasteiger partial charge < -0.3 is 10.4 Å². The van der Waals surface area contributed by atoms with E-state index in [1.54, 1.807) is 13.8 Å². The minimum atomic E-state index is -4.55. The van der Waals surface area contributed by atoms with Gasteiger partial charge in [0.1, 0.15) is 0 Å². The Labute approximate surface area is 154 Å². The van der Waals surface area contributed by atoms with Gasteiger partial charge >= 0.3 is 12.1 Å². The van der Waals surface area contributed by atoms with Gasteiger partial charge in [0.05, 0.1) is 11.1 Å². The lowest BCUT2D eigenvalue weighted by atomic mass is 9.82. The molecule has 0 atom stereocenters. The van der Waals surface area contributed by atoms with Crippen LogP contribution in [0.1, 0.15) is 42.7 Å². The summed E-state index contributed by atoms with van der Waals surface area (Å²) in [6, 6.07) is 6.76. The summed E-state index contributed by atoms with van der Waals surface area (Å²) in [6.07, 6.45) is -2.69. The molecule has 0 fully saturated rings. The Morgan fingerprint density at radius 2 is 1.85 bits per heavy atom. The second-order valence-corrected chi connectivity index (χ2v) is 6.17. The van der Waals surface area contributed by atoms with Crippen molar-refractivity contribution in [2.45, 2.75) is 32.9 Å². The quantitative estimate of drug-likeness (QED) is 0.766. The molecule has 0 unspecified atom stereocenters. The number of amides is 1. The third kappa shape index (κ3) is 4.47. The molecule has 0 aliphatic rings. The van der Waals surface area contributed by atoms with E-state index in [-0.39, 0.29) is 17.8 Å². The first-order valence-electron chi connectivity index (χ1n) is 8.38. The van der Waals surface area contributed by atoms with Gasteiger partial charge in [-0.3, -0.25) is 9.59 Å². The lowest BCUT2D eigenvalue weighted by molar-refractivity contribution is -0.149. The second-order valence-electron chi connectivity index (χ2n) is 6.17. The number of carbonyl (C=O) groups is 2. The van der Waals surface area contributed by atoms with Crippen LogP contribution >= 0.6 is 0 Å². The number of carboxylic acids is 1. The van der Waals surface area contributed by atoms with Gasteiger partial charge in [-0.05, 0) is 37.1 Å². The molecule has 0 saturated carbocycles. The SMILES string of the molecule is CCC(CC)(CNC(=O)c1cccc(-n2ccc(C(F)(F)F)n2)c1)C(=O)O. The minimum absolute atomic E-state index is 0.0433. The number of aromatic nitrogens is 2. The van der Waals surface area contributed by atoms with Gasteiger partial charge in [0.15, 0.2) is 5.69 Å². The van der Waals surface area contributed by atoms with Crippen LogP contribution in [0.2, 0.25) is 0 Å². The zero-order valence-electron chi connectivity index (χ0n) is 14.9. The zero-order valence-corrected chi connectivity index (χ0v) is 14.9. The monoisotopic (exact) mass is 383 g/mol. The van der Waals surface area contributed by atoms with Gasteiger partial charge in [-0.2, -0.15) is 18.3 Å². The van der Waals surface area contributed by atoms with E-state index in [9.17, 15) is 27.9 Å². The molecule has 1 heterocycles. The Kier molecular flexibility index (Phi) is 5.92. The topological polar surface area (TPSA) is 84.2 Å². The molecule has 2 aromatic rings. The van der Waals surface area contributed by atoms with Crippen molar-refractivity contribution in [2.24, 2.45) is 5.41 Å². The Morgan fingerprint density at radius 1 is 1.19 bits per heavy atom. The molecule has 2 rings (SSSR count). The van der Waals surface area contributed by atoms with Crippen LogP contribution in [0.25, 0.3) is 5.69 Å². The smallest absolute Gasteiger partial charge is 0.435 e. The molecule has 9 heteroatoms. The standard InChI is InChI=1S/C18H20F3N3O3/c1-3-17(4-2,16(26)27)11-22-15(25)12-6-5-7-13(10-12)24-9-8-14(23-24)18(19,20)21/h5-10H,3-4,11H2,1-2H3,(H,22,25)(H,26,27). The molecule has 0 bridgehead atoms. The predicted molar refractivity (Wildman–Crippen MR) is 91.6 cm³/mol. The first kappa shape index (κ1) is 20.5. The summed E-state index contributed by atoms with van der Waals surface area (Å²) in [6.45, 7) is 3.43. The summed E-state index contributed by atoms with van der Waals surface area (Å²) in [7, 11) is 0. The number of rotatable bonds is 7. The number of carbonyl (C=O) groups excluding carboxylic acids is 1. The van der Waals surface area contributed by atoms with Gasteiger partial charge in [-0.15, -0.1) is 0 Å². The summed E-state index contributed by atoms with van der Waals surface area (Å²) in [4.78, 5) is 23.9. The fraction of sp³-hybridized carbons (Fsp3) is 0.389. The predicted octanol–water partition coefficient (Wildman–Crippen LogP) is 3.51. The number of nitrogens with one attached hydrogen (secondary N) is 1. The second kappa shape index (κ2) is 7.81. The fourth-order valence-corrected chi connectivity index (χ4v) is 2.64. The van der Waals surface area contributed by atoms with Crippen LogP contribution < -0.4 is 5.32 Å². The van der Waals surface area contributed by atoms with E-state index in [0.717, 1.165) is 16.9 Å². The van der Waals surface area contributed by atoms with Gasteiger partial charge in [-0.1, -0.05) is 19.9 Å². The van der Waals surface area contributed by atoms with E-state index in [2.05, 4.69) is 10.4 Å². The third-order valence-corrected chi connectivity index (χ3v) is 4.65. The van der Waals surface area contributed by atoms with Crippen LogP contribution in [-0.4, -0.2) is 33.3 Å². The Balaban J connectivity index is 2.18. The van der Waals surface area contributed by atoms with Crippen LogP contribution in [0.3, 0.4) is 0 Å². The molecule has 0 radical (unpaired) electrons. The Morgan fingerprint density at radius 3 is 2.37 bits per heavy atom. The summed E-state index contributed by atoms with van der Waals surface area (Å²) in [5, 5.41) is 15.5. The number of aliphatic carboxylic acids is 1. The third-order valence-electron chi connectivity index (χ3n) is 4.65. The maximum absolute atomic E-state index is 12.7. The van der Waals surface area contributed by atoms with Crippen LogP contribution in [0.5, 0.6) is 0 Å². The van der Waals surface area contributed by atoms with Gasteiger partial charge in [0.25, 0.3) is 5.91 Å². The van der Waals surface area contributed by atoms with E-state index in [1.807, 2.05) is 0 Å². The van der Waals surface area contributed by atoms with Crippen molar-refractivity contribution in [1.29, 1.82) is 0 Å². The highest BCUT2D eigenvalue weighted by Gasteiger charge is 2.35. The Hall–Kier alpha value is -2.84. The fourth-order valence-electron chi connectivity index (χ4n) is 2.64. The normalized spacial score (nSPS) is 12.0. The van der Waals surface area contributed by atoms with Crippen molar-refractivity contribution in [3.8, 4) is 5.69 Å². The van der Waals surface area contributed by atoms with Gasteiger partial charge in [0, 0.05) is 18.3 Å². The molecular formula is C18H20F3N3O3. The molecule has 2 N–H and O–H groups in total. The van der Waals surface area contributed by atoms with E-state index in [4.69, 9.17) is 0 Å². The molecule has 1 aromatic carbocycles. The number of hydrogen-bond donors (Lipinski definition) is 2. The molecule has 0 aliphatic heterocycles. The first-order valence-corrected chi connectivity index (χ1v) is 8.38. The number of hydrogen-bond acceptors (Lipinski definition) is 3.